The van der Waals surface area contributed by atoms with Crippen LogP contribution < -0.4 is 10.6 Å². The molecule has 0 radical (unpaired) electrons. The Bertz CT molecular complexity index is 527. The zero-order valence-corrected chi connectivity index (χ0v) is 13.7. The number of benzene rings is 1. The summed E-state index contributed by atoms with van der Waals surface area (Å²) in [7, 11) is 3.25. The molecule has 1 aliphatic rings. The molecule has 6 heteroatoms. The van der Waals surface area contributed by atoms with Gasteiger partial charge in [-0.05, 0) is 30.7 Å². The van der Waals surface area contributed by atoms with Crippen molar-refractivity contribution in [3.8, 4) is 0 Å². The molecule has 0 aromatic heterocycles. The maximum Gasteiger partial charge on any atom is 0.317 e. The van der Waals surface area contributed by atoms with E-state index >= 15 is 0 Å². The van der Waals surface area contributed by atoms with Gasteiger partial charge in [0.1, 0.15) is 0 Å². The smallest absolute Gasteiger partial charge is 0.317 e. The number of aliphatic hydroxyl groups excluding tert-OH is 1. The number of hydrogen-bond acceptors (Lipinski definition) is 3. The van der Waals surface area contributed by atoms with Crippen LogP contribution in [0.15, 0.2) is 30.3 Å². The van der Waals surface area contributed by atoms with Crippen LogP contribution in [0.25, 0.3) is 0 Å². The van der Waals surface area contributed by atoms with Crippen LogP contribution >= 0.6 is 0 Å². The number of carbonyl (C=O) groups is 2. The summed E-state index contributed by atoms with van der Waals surface area (Å²) < 4.78 is 0. The molecule has 0 heterocycles. The quantitative estimate of drug-likeness (QED) is 0.724. The Morgan fingerprint density at radius 1 is 1.26 bits per heavy atom. The highest BCUT2D eigenvalue weighted by molar-refractivity contribution is 5.83. The summed E-state index contributed by atoms with van der Waals surface area (Å²) >= 11 is 0. The summed E-state index contributed by atoms with van der Waals surface area (Å²) in [5.74, 6) is 0.0706. The van der Waals surface area contributed by atoms with E-state index in [4.69, 9.17) is 0 Å². The molecule has 3 N–H and O–H groups in total. The number of carbonyl (C=O) groups excluding carboxylic acids is 2. The molecule has 1 aromatic carbocycles. The Morgan fingerprint density at radius 2 is 1.91 bits per heavy atom. The van der Waals surface area contributed by atoms with E-state index in [1.54, 1.807) is 14.1 Å². The molecule has 1 aromatic rings. The standard InChI is InChI=1S/C17H25N3O3/c1-20(2)17(23)18-11-16(22)19-15(13-9-14(21)10-13)8-12-6-4-3-5-7-12/h3-7,13-15,21H,8-11H2,1-2H3,(H,18,23)(H,19,22)/t13?,14?,15-/m1/s1. The third kappa shape index (κ3) is 5.25. The largest absolute Gasteiger partial charge is 0.393 e. The molecule has 3 amide bonds. The van der Waals surface area contributed by atoms with Gasteiger partial charge in [-0.3, -0.25) is 4.79 Å². The minimum Gasteiger partial charge on any atom is -0.393 e. The highest BCUT2D eigenvalue weighted by Crippen LogP contribution is 2.31. The van der Waals surface area contributed by atoms with Crippen molar-refractivity contribution in [3.05, 3.63) is 35.9 Å². The number of rotatable bonds is 6. The number of aliphatic hydroxyl groups is 1. The average molecular weight is 319 g/mol. The predicted molar refractivity (Wildman–Crippen MR) is 87.9 cm³/mol. The maximum absolute atomic E-state index is 12.1. The van der Waals surface area contributed by atoms with E-state index in [9.17, 15) is 14.7 Å². The zero-order chi connectivity index (χ0) is 16.8. The first-order chi connectivity index (χ1) is 11.0. The van der Waals surface area contributed by atoms with Gasteiger partial charge in [-0.1, -0.05) is 30.3 Å². The number of nitrogens with zero attached hydrogens (tertiary/aromatic N) is 1. The van der Waals surface area contributed by atoms with Gasteiger partial charge in [-0.25, -0.2) is 4.79 Å². The summed E-state index contributed by atoms with van der Waals surface area (Å²) in [6.07, 6.45) is 1.89. The van der Waals surface area contributed by atoms with Crippen molar-refractivity contribution < 1.29 is 14.7 Å². The second kappa shape index (κ2) is 7.97. The van der Waals surface area contributed by atoms with Crippen LogP contribution in [0.1, 0.15) is 18.4 Å². The van der Waals surface area contributed by atoms with Gasteiger partial charge in [0.25, 0.3) is 0 Å². The minimum absolute atomic E-state index is 0.0236. The van der Waals surface area contributed by atoms with Gasteiger partial charge >= 0.3 is 6.03 Å². The van der Waals surface area contributed by atoms with Gasteiger partial charge in [-0.2, -0.15) is 0 Å². The lowest BCUT2D eigenvalue weighted by Gasteiger charge is -2.38. The summed E-state index contributed by atoms with van der Waals surface area (Å²) in [6.45, 7) is -0.0441. The fourth-order valence-electron chi connectivity index (χ4n) is 2.73. The van der Waals surface area contributed by atoms with Crippen LogP contribution in [0.3, 0.4) is 0 Å². The van der Waals surface area contributed by atoms with E-state index < -0.39 is 0 Å². The monoisotopic (exact) mass is 319 g/mol. The number of hydrogen-bond donors (Lipinski definition) is 3. The molecule has 0 aliphatic heterocycles. The second-order valence-corrected chi connectivity index (χ2v) is 6.30. The first-order valence-electron chi connectivity index (χ1n) is 7.92. The van der Waals surface area contributed by atoms with E-state index in [0.717, 1.165) is 12.0 Å². The van der Waals surface area contributed by atoms with Crippen molar-refractivity contribution in [1.29, 1.82) is 0 Å². The lowest BCUT2D eigenvalue weighted by molar-refractivity contribution is -0.121. The normalized spacial score (nSPS) is 21.0. The van der Waals surface area contributed by atoms with Crippen LogP contribution in [0.4, 0.5) is 4.79 Å². The molecule has 1 fully saturated rings. The Balaban J connectivity index is 1.89. The molecule has 1 saturated carbocycles. The molecule has 0 bridgehead atoms. The first-order valence-corrected chi connectivity index (χ1v) is 7.92. The predicted octanol–water partition coefficient (Wildman–Crippen LogP) is 0.756. The molecular formula is C17H25N3O3. The van der Waals surface area contributed by atoms with Crippen LogP contribution in [0.2, 0.25) is 0 Å². The minimum atomic E-state index is -0.293. The number of amides is 3. The number of urea groups is 1. The molecular weight excluding hydrogens is 294 g/mol. The molecule has 1 aliphatic carbocycles. The van der Waals surface area contributed by atoms with Crippen molar-refractivity contribution in [3.63, 3.8) is 0 Å². The summed E-state index contributed by atoms with van der Waals surface area (Å²) in [5.41, 5.74) is 1.15. The zero-order valence-electron chi connectivity index (χ0n) is 13.7. The van der Waals surface area contributed by atoms with Gasteiger partial charge in [0, 0.05) is 20.1 Å². The van der Waals surface area contributed by atoms with Crippen LogP contribution in [0, 0.1) is 5.92 Å². The lowest BCUT2D eigenvalue weighted by Crippen LogP contribution is -2.51. The summed E-state index contributed by atoms with van der Waals surface area (Å²) in [5, 5.41) is 15.1. The van der Waals surface area contributed by atoms with E-state index in [1.807, 2.05) is 30.3 Å². The lowest BCUT2D eigenvalue weighted by atomic mass is 9.75. The third-order valence-electron chi connectivity index (χ3n) is 4.17. The third-order valence-corrected chi connectivity index (χ3v) is 4.17. The molecule has 23 heavy (non-hydrogen) atoms. The van der Waals surface area contributed by atoms with Gasteiger partial charge in [0.15, 0.2) is 0 Å². The van der Waals surface area contributed by atoms with E-state index in [-0.39, 0.29) is 36.5 Å². The van der Waals surface area contributed by atoms with Crippen LogP contribution in [0.5, 0.6) is 0 Å². The van der Waals surface area contributed by atoms with Crippen LogP contribution in [-0.4, -0.2) is 54.7 Å². The van der Waals surface area contributed by atoms with Crippen molar-refractivity contribution in [2.24, 2.45) is 5.92 Å². The molecule has 1 atom stereocenters. The Kier molecular flexibility index (Phi) is 5.98. The van der Waals surface area contributed by atoms with Gasteiger partial charge in [0.05, 0.1) is 12.6 Å². The van der Waals surface area contributed by atoms with Crippen molar-refractivity contribution >= 4 is 11.9 Å². The Morgan fingerprint density at radius 3 is 2.48 bits per heavy atom. The van der Waals surface area contributed by atoms with Gasteiger partial charge < -0.3 is 20.6 Å². The molecule has 6 nitrogen and oxygen atoms in total. The molecule has 126 valence electrons. The first kappa shape index (κ1) is 17.3. The fourth-order valence-corrected chi connectivity index (χ4v) is 2.73. The van der Waals surface area contributed by atoms with Gasteiger partial charge in [0.2, 0.25) is 5.91 Å². The van der Waals surface area contributed by atoms with E-state index in [1.165, 1.54) is 4.90 Å². The average Bonchev–Trinajstić information content (AvgIpc) is 2.49. The van der Waals surface area contributed by atoms with Crippen molar-refractivity contribution in [1.82, 2.24) is 15.5 Å². The molecule has 2 rings (SSSR count). The highest BCUT2D eigenvalue weighted by atomic mass is 16.3. The van der Waals surface area contributed by atoms with E-state index in [2.05, 4.69) is 10.6 Å². The SMILES string of the molecule is CN(C)C(=O)NCC(=O)N[C@H](Cc1ccccc1)C1CC(O)C1. The number of nitrogens with one attached hydrogen (secondary N) is 2. The second-order valence-electron chi connectivity index (χ2n) is 6.30. The topological polar surface area (TPSA) is 81.7 Å². The van der Waals surface area contributed by atoms with Crippen LogP contribution in [-0.2, 0) is 11.2 Å². The molecule has 0 spiro atoms. The Hall–Kier alpha value is -2.08. The van der Waals surface area contributed by atoms with Crippen molar-refractivity contribution in [2.45, 2.75) is 31.4 Å². The summed E-state index contributed by atoms with van der Waals surface area (Å²) in [6, 6.07) is 9.65. The fraction of sp³-hybridized carbons (Fsp3) is 0.529. The Labute approximate surface area is 136 Å². The molecule has 0 saturated heterocycles. The van der Waals surface area contributed by atoms with Crippen molar-refractivity contribution in [2.75, 3.05) is 20.6 Å². The molecule has 0 unspecified atom stereocenters. The summed E-state index contributed by atoms with van der Waals surface area (Å²) in [4.78, 5) is 24.9. The highest BCUT2D eigenvalue weighted by Gasteiger charge is 2.34. The van der Waals surface area contributed by atoms with E-state index in [0.29, 0.717) is 12.8 Å². The van der Waals surface area contributed by atoms with Gasteiger partial charge in [-0.15, -0.1) is 0 Å². The maximum atomic E-state index is 12.1.